The van der Waals surface area contributed by atoms with Gasteiger partial charge in [0.15, 0.2) is 0 Å². The third kappa shape index (κ3) is 3.19. The van der Waals surface area contributed by atoms with Crippen LogP contribution in [0, 0.1) is 11.8 Å². The number of amides is 1. The quantitative estimate of drug-likeness (QED) is 0.858. The van der Waals surface area contributed by atoms with Gasteiger partial charge < -0.3 is 10.4 Å². The molecule has 2 aliphatic carbocycles. The fraction of sp³-hybridized carbons (Fsp3) is 0.529. The molecule has 4 nitrogen and oxygen atoms in total. The van der Waals surface area contributed by atoms with Crippen molar-refractivity contribution in [2.24, 2.45) is 11.8 Å². The van der Waals surface area contributed by atoms with Crippen LogP contribution in [0.1, 0.15) is 44.1 Å². The molecule has 2 aliphatic rings. The summed E-state index contributed by atoms with van der Waals surface area (Å²) in [4.78, 5) is 23.7. The second-order valence-electron chi connectivity index (χ2n) is 6.48. The number of rotatable bonds is 4. The van der Waals surface area contributed by atoms with Crippen LogP contribution in [-0.4, -0.2) is 17.0 Å². The molecular formula is C17H20BrNO3. The number of nitrogens with one attached hydrogen (secondary N) is 1. The van der Waals surface area contributed by atoms with Crippen molar-refractivity contribution in [1.82, 2.24) is 5.32 Å². The lowest BCUT2D eigenvalue weighted by atomic mass is 9.81. The summed E-state index contributed by atoms with van der Waals surface area (Å²) in [6.07, 6.45) is 4.67. The molecule has 0 aromatic heterocycles. The Labute approximate surface area is 138 Å². The molecule has 2 unspecified atom stereocenters. The Bertz CT molecular complexity index is 597. The van der Waals surface area contributed by atoms with Gasteiger partial charge in [0.05, 0.1) is 11.5 Å². The maximum Gasteiger partial charge on any atom is 0.306 e. The lowest BCUT2D eigenvalue weighted by Crippen LogP contribution is -2.41. The molecule has 0 bridgehead atoms. The van der Waals surface area contributed by atoms with Crippen LogP contribution in [0.15, 0.2) is 28.7 Å². The second-order valence-corrected chi connectivity index (χ2v) is 7.40. The molecular weight excluding hydrogens is 346 g/mol. The van der Waals surface area contributed by atoms with Crippen molar-refractivity contribution in [2.45, 2.75) is 44.1 Å². The second kappa shape index (κ2) is 6.03. The Balaban J connectivity index is 1.68. The first-order valence-corrected chi connectivity index (χ1v) is 8.60. The molecule has 1 aromatic rings. The van der Waals surface area contributed by atoms with Crippen molar-refractivity contribution in [3.8, 4) is 0 Å². The van der Waals surface area contributed by atoms with Crippen LogP contribution < -0.4 is 5.32 Å². The van der Waals surface area contributed by atoms with Gasteiger partial charge in [0.2, 0.25) is 5.91 Å². The molecule has 0 aliphatic heterocycles. The summed E-state index contributed by atoms with van der Waals surface area (Å²) >= 11 is 3.47. The van der Waals surface area contributed by atoms with E-state index in [2.05, 4.69) is 21.2 Å². The van der Waals surface area contributed by atoms with Crippen LogP contribution in [0.3, 0.4) is 0 Å². The lowest BCUT2D eigenvalue weighted by molar-refractivity contribution is -0.144. The summed E-state index contributed by atoms with van der Waals surface area (Å²) in [6.45, 7) is 0. The monoisotopic (exact) mass is 365 g/mol. The van der Waals surface area contributed by atoms with E-state index in [0.29, 0.717) is 12.8 Å². The highest BCUT2D eigenvalue weighted by Crippen LogP contribution is 2.46. The van der Waals surface area contributed by atoms with Gasteiger partial charge in [-0.25, -0.2) is 0 Å². The van der Waals surface area contributed by atoms with E-state index in [1.165, 1.54) is 0 Å². The number of benzene rings is 1. The average Bonchev–Trinajstić information content (AvgIpc) is 3.28. The van der Waals surface area contributed by atoms with E-state index in [0.717, 1.165) is 35.7 Å². The van der Waals surface area contributed by atoms with Crippen LogP contribution in [-0.2, 0) is 15.1 Å². The SMILES string of the molecule is O=C(O)C1CCCC(C(=O)NC2(c3cccc(Br)c3)CC2)C1. The molecule has 0 heterocycles. The summed E-state index contributed by atoms with van der Waals surface area (Å²) in [6, 6.07) is 8.04. The summed E-state index contributed by atoms with van der Waals surface area (Å²) < 4.78 is 1.01. The standard InChI is InChI=1S/C17H20BrNO3/c18-14-6-2-5-13(10-14)17(7-8-17)19-15(20)11-3-1-4-12(9-11)16(21)22/h2,5-6,10-12H,1,3-4,7-9H2,(H,19,20)(H,21,22). The van der Waals surface area contributed by atoms with Gasteiger partial charge in [0.1, 0.15) is 0 Å². The Morgan fingerprint density at radius 3 is 2.59 bits per heavy atom. The van der Waals surface area contributed by atoms with Crippen molar-refractivity contribution in [1.29, 1.82) is 0 Å². The van der Waals surface area contributed by atoms with E-state index < -0.39 is 5.97 Å². The summed E-state index contributed by atoms with van der Waals surface area (Å²) in [7, 11) is 0. The highest BCUT2D eigenvalue weighted by molar-refractivity contribution is 9.10. The predicted octanol–water partition coefficient (Wildman–Crippen LogP) is 3.45. The van der Waals surface area contributed by atoms with Gasteiger partial charge in [0.25, 0.3) is 0 Å². The molecule has 2 N–H and O–H groups in total. The smallest absolute Gasteiger partial charge is 0.306 e. The highest BCUT2D eigenvalue weighted by Gasteiger charge is 2.47. The number of carboxylic acid groups (broad SMARTS) is 1. The molecule has 2 atom stereocenters. The van der Waals surface area contributed by atoms with E-state index in [1.807, 2.05) is 24.3 Å². The summed E-state index contributed by atoms with van der Waals surface area (Å²) in [5, 5.41) is 12.3. The van der Waals surface area contributed by atoms with Gasteiger partial charge in [-0.3, -0.25) is 9.59 Å². The minimum absolute atomic E-state index is 0.0171. The van der Waals surface area contributed by atoms with Crippen LogP contribution in [0.25, 0.3) is 0 Å². The summed E-state index contributed by atoms with van der Waals surface area (Å²) in [5.41, 5.74) is 0.887. The topological polar surface area (TPSA) is 66.4 Å². The first-order chi connectivity index (χ1) is 10.5. The third-order valence-corrected chi connectivity index (χ3v) is 5.38. The molecule has 0 saturated heterocycles. The molecule has 3 rings (SSSR count). The Hall–Kier alpha value is -1.36. The minimum Gasteiger partial charge on any atom is -0.481 e. The molecule has 2 fully saturated rings. The van der Waals surface area contributed by atoms with Gasteiger partial charge in [0, 0.05) is 10.4 Å². The largest absolute Gasteiger partial charge is 0.481 e. The summed E-state index contributed by atoms with van der Waals surface area (Å²) in [5.74, 6) is -1.29. The van der Waals surface area contributed by atoms with Crippen molar-refractivity contribution >= 4 is 27.8 Å². The molecule has 1 amide bonds. The number of aliphatic carboxylic acids is 1. The molecule has 0 spiro atoms. The van der Waals surface area contributed by atoms with E-state index >= 15 is 0 Å². The van der Waals surface area contributed by atoms with Crippen LogP contribution in [0.4, 0.5) is 0 Å². The maximum atomic E-state index is 12.6. The lowest BCUT2D eigenvalue weighted by Gasteiger charge is -2.28. The first-order valence-electron chi connectivity index (χ1n) is 7.81. The number of hydrogen-bond acceptors (Lipinski definition) is 2. The van der Waals surface area contributed by atoms with Gasteiger partial charge in [-0.2, -0.15) is 0 Å². The fourth-order valence-corrected chi connectivity index (χ4v) is 3.79. The zero-order valence-corrected chi connectivity index (χ0v) is 13.9. The van der Waals surface area contributed by atoms with Crippen molar-refractivity contribution in [2.75, 3.05) is 0 Å². The molecule has 22 heavy (non-hydrogen) atoms. The maximum absolute atomic E-state index is 12.6. The Kier molecular flexibility index (Phi) is 4.26. The van der Waals surface area contributed by atoms with Crippen molar-refractivity contribution < 1.29 is 14.7 Å². The molecule has 5 heteroatoms. The number of carbonyl (C=O) groups excluding carboxylic acids is 1. The first kappa shape index (κ1) is 15.5. The Morgan fingerprint density at radius 1 is 1.23 bits per heavy atom. The van der Waals surface area contributed by atoms with E-state index in [1.54, 1.807) is 0 Å². The van der Waals surface area contributed by atoms with Crippen LogP contribution in [0.2, 0.25) is 0 Å². The normalized spacial score (nSPS) is 26.2. The zero-order valence-electron chi connectivity index (χ0n) is 12.3. The Morgan fingerprint density at radius 2 is 1.95 bits per heavy atom. The molecule has 1 aromatic carbocycles. The van der Waals surface area contributed by atoms with Crippen molar-refractivity contribution in [3.05, 3.63) is 34.3 Å². The van der Waals surface area contributed by atoms with Crippen molar-refractivity contribution in [3.63, 3.8) is 0 Å². The molecule has 118 valence electrons. The van der Waals surface area contributed by atoms with Gasteiger partial charge in [-0.05, 0) is 49.8 Å². The third-order valence-electron chi connectivity index (χ3n) is 4.88. The number of hydrogen-bond donors (Lipinski definition) is 2. The number of carboxylic acids is 1. The molecule has 2 saturated carbocycles. The van der Waals surface area contributed by atoms with E-state index in [-0.39, 0.29) is 23.3 Å². The fourth-order valence-electron chi connectivity index (χ4n) is 3.39. The van der Waals surface area contributed by atoms with Gasteiger partial charge in [-0.1, -0.05) is 34.5 Å². The zero-order chi connectivity index (χ0) is 15.7. The van der Waals surface area contributed by atoms with Crippen LogP contribution in [0.5, 0.6) is 0 Å². The number of halogens is 1. The van der Waals surface area contributed by atoms with Gasteiger partial charge >= 0.3 is 5.97 Å². The van der Waals surface area contributed by atoms with Crippen LogP contribution >= 0.6 is 15.9 Å². The average molecular weight is 366 g/mol. The minimum atomic E-state index is -0.773. The van der Waals surface area contributed by atoms with E-state index in [4.69, 9.17) is 5.11 Å². The molecule has 0 radical (unpaired) electrons. The van der Waals surface area contributed by atoms with E-state index in [9.17, 15) is 9.59 Å². The predicted molar refractivity (Wildman–Crippen MR) is 86.3 cm³/mol. The highest BCUT2D eigenvalue weighted by atomic mass is 79.9. The van der Waals surface area contributed by atoms with Gasteiger partial charge in [-0.15, -0.1) is 0 Å². The number of carbonyl (C=O) groups is 2.